The molecule has 1 aromatic carbocycles. The fourth-order valence-corrected chi connectivity index (χ4v) is 4.36. The van der Waals surface area contributed by atoms with Gasteiger partial charge < -0.3 is 15.7 Å². The van der Waals surface area contributed by atoms with Crippen molar-refractivity contribution in [2.75, 3.05) is 13.1 Å². The lowest BCUT2D eigenvalue weighted by Crippen LogP contribution is -2.46. The lowest BCUT2D eigenvalue weighted by Gasteiger charge is -2.30. The molecule has 0 amide bonds. The average Bonchev–Trinajstić information content (AvgIpc) is 3.12. The molecule has 2 fully saturated rings. The van der Waals surface area contributed by atoms with Gasteiger partial charge in [0.05, 0.1) is 12.6 Å². The molecule has 4 nitrogen and oxygen atoms in total. The molecular formula is C21H33FIN3O. The van der Waals surface area contributed by atoms with Gasteiger partial charge in [-0.15, -0.1) is 24.0 Å². The highest BCUT2D eigenvalue weighted by molar-refractivity contribution is 14.0. The third kappa shape index (κ3) is 6.04. The summed E-state index contributed by atoms with van der Waals surface area (Å²) in [6.07, 6.45) is 8.16. The Balaban J connectivity index is 0.00000261. The van der Waals surface area contributed by atoms with Crippen molar-refractivity contribution in [3.05, 3.63) is 35.6 Å². The van der Waals surface area contributed by atoms with Crippen LogP contribution in [-0.4, -0.2) is 36.3 Å². The third-order valence-corrected chi connectivity index (χ3v) is 5.94. The molecule has 0 aliphatic heterocycles. The maximum Gasteiger partial charge on any atom is 0.191 e. The summed E-state index contributed by atoms with van der Waals surface area (Å²) in [5, 5.41) is 16.6. The highest BCUT2D eigenvalue weighted by atomic mass is 127. The first-order valence-electron chi connectivity index (χ1n) is 10.1. The van der Waals surface area contributed by atoms with Gasteiger partial charge in [-0.2, -0.15) is 0 Å². The summed E-state index contributed by atoms with van der Waals surface area (Å²) in [4.78, 5) is 4.92. The number of nitrogens with one attached hydrogen (secondary N) is 2. The number of halogens is 2. The molecule has 0 atom stereocenters. The van der Waals surface area contributed by atoms with Crippen molar-refractivity contribution < 1.29 is 9.50 Å². The van der Waals surface area contributed by atoms with E-state index < -0.39 is 0 Å². The highest BCUT2D eigenvalue weighted by Crippen LogP contribution is 2.41. The van der Waals surface area contributed by atoms with E-state index in [0.29, 0.717) is 6.04 Å². The van der Waals surface area contributed by atoms with Gasteiger partial charge in [0.25, 0.3) is 0 Å². The number of benzene rings is 1. The second-order valence-corrected chi connectivity index (χ2v) is 7.84. The molecule has 6 heteroatoms. The summed E-state index contributed by atoms with van der Waals surface area (Å²) < 4.78 is 13.3. The zero-order valence-corrected chi connectivity index (χ0v) is 18.5. The molecule has 0 heterocycles. The van der Waals surface area contributed by atoms with Crippen molar-refractivity contribution in [3.63, 3.8) is 0 Å². The van der Waals surface area contributed by atoms with Gasteiger partial charge in [0.1, 0.15) is 5.82 Å². The molecule has 0 aromatic heterocycles. The second kappa shape index (κ2) is 10.6. The van der Waals surface area contributed by atoms with E-state index in [1.165, 1.54) is 18.4 Å². The fraction of sp³-hybridized carbons (Fsp3) is 0.667. The van der Waals surface area contributed by atoms with Gasteiger partial charge >= 0.3 is 0 Å². The van der Waals surface area contributed by atoms with E-state index in [1.807, 2.05) is 12.1 Å². The third-order valence-electron chi connectivity index (χ3n) is 5.94. The monoisotopic (exact) mass is 489 g/mol. The Hall–Kier alpha value is -0.890. The Kier molecular flexibility index (Phi) is 8.79. The molecule has 27 heavy (non-hydrogen) atoms. The van der Waals surface area contributed by atoms with Crippen molar-refractivity contribution in [1.82, 2.24) is 10.6 Å². The fourth-order valence-electron chi connectivity index (χ4n) is 4.36. The van der Waals surface area contributed by atoms with E-state index in [2.05, 4.69) is 17.6 Å². The largest absolute Gasteiger partial charge is 0.393 e. The van der Waals surface area contributed by atoms with Crippen LogP contribution in [0.5, 0.6) is 0 Å². The predicted octanol–water partition coefficient (Wildman–Crippen LogP) is 4.11. The molecule has 1 aromatic rings. The predicted molar refractivity (Wildman–Crippen MR) is 119 cm³/mol. The number of aliphatic hydroxyl groups excluding tert-OH is 1. The molecule has 0 saturated heterocycles. The maximum atomic E-state index is 13.3. The van der Waals surface area contributed by atoms with E-state index in [4.69, 9.17) is 4.99 Å². The van der Waals surface area contributed by atoms with E-state index >= 15 is 0 Å². The number of guanidine groups is 1. The molecular weight excluding hydrogens is 456 g/mol. The summed E-state index contributed by atoms with van der Waals surface area (Å²) >= 11 is 0. The van der Waals surface area contributed by atoms with Crippen LogP contribution in [0.4, 0.5) is 4.39 Å². The van der Waals surface area contributed by atoms with Crippen LogP contribution in [0.1, 0.15) is 63.9 Å². The van der Waals surface area contributed by atoms with Crippen LogP contribution in [-0.2, 0) is 5.41 Å². The van der Waals surface area contributed by atoms with Gasteiger partial charge in [-0.3, -0.25) is 4.99 Å². The Labute approximate surface area is 179 Å². The number of hydrogen-bond donors (Lipinski definition) is 3. The normalized spacial score (nSPS) is 24.9. The number of aliphatic hydroxyl groups is 1. The minimum atomic E-state index is -0.181. The molecule has 3 rings (SSSR count). The number of rotatable bonds is 5. The van der Waals surface area contributed by atoms with Crippen molar-refractivity contribution >= 4 is 29.9 Å². The van der Waals surface area contributed by atoms with Crippen molar-refractivity contribution in [1.29, 1.82) is 0 Å². The molecule has 3 N–H and O–H groups in total. The molecule has 0 unspecified atom stereocenters. The minimum Gasteiger partial charge on any atom is -0.393 e. The molecule has 0 bridgehead atoms. The zero-order valence-electron chi connectivity index (χ0n) is 16.2. The van der Waals surface area contributed by atoms with Crippen molar-refractivity contribution in [3.8, 4) is 0 Å². The van der Waals surface area contributed by atoms with Gasteiger partial charge in [0.15, 0.2) is 5.96 Å². The summed E-state index contributed by atoms with van der Waals surface area (Å²) in [6, 6.07) is 7.37. The van der Waals surface area contributed by atoms with Crippen LogP contribution >= 0.6 is 24.0 Å². The van der Waals surface area contributed by atoms with Gasteiger partial charge in [0, 0.05) is 18.0 Å². The van der Waals surface area contributed by atoms with E-state index in [0.717, 1.165) is 57.6 Å². The summed E-state index contributed by atoms with van der Waals surface area (Å²) in [6.45, 7) is 3.63. The first-order valence-corrected chi connectivity index (χ1v) is 10.1. The number of nitrogens with zero attached hydrogens (tertiary/aromatic N) is 1. The van der Waals surface area contributed by atoms with Crippen LogP contribution < -0.4 is 10.6 Å². The lowest BCUT2D eigenvalue weighted by atomic mass is 9.79. The molecule has 0 radical (unpaired) electrons. The molecule has 0 spiro atoms. The van der Waals surface area contributed by atoms with Gasteiger partial charge in [-0.1, -0.05) is 25.0 Å². The van der Waals surface area contributed by atoms with Crippen molar-refractivity contribution in [2.24, 2.45) is 4.99 Å². The van der Waals surface area contributed by atoms with E-state index in [1.54, 1.807) is 12.1 Å². The van der Waals surface area contributed by atoms with E-state index in [9.17, 15) is 9.50 Å². The highest BCUT2D eigenvalue weighted by Gasteiger charge is 2.35. The second-order valence-electron chi connectivity index (χ2n) is 7.84. The van der Waals surface area contributed by atoms with Crippen LogP contribution in [0.3, 0.4) is 0 Å². The van der Waals surface area contributed by atoms with Gasteiger partial charge in [-0.05, 0) is 63.1 Å². The summed E-state index contributed by atoms with van der Waals surface area (Å²) in [5.41, 5.74) is 1.23. The first-order chi connectivity index (χ1) is 12.6. The summed E-state index contributed by atoms with van der Waals surface area (Å²) in [7, 11) is 0. The smallest absolute Gasteiger partial charge is 0.191 e. The van der Waals surface area contributed by atoms with Crippen LogP contribution in [0.2, 0.25) is 0 Å². The van der Waals surface area contributed by atoms with Crippen LogP contribution in [0.15, 0.2) is 29.3 Å². The Morgan fingerprint density at radius 3 is 2.37 bits per heavy atom. The number of hydrogen-bond acceptors (Lipinski definition) is 2. The van der Waals surface area contributed by atoms with Gasteiger partial charge in [-0.25, -0.2) is 4.39 Å². The van der Waals surface area contributed by atoms with Gasteiger partial charge in [0.2, 0.25) is 0 Å². The average molecular weight is 489 g/mol. The lowest BCUT2D eigenvalue weighted by molar-refractivity contribution is 0.120. The van der Waals surface area contributed by atoms with Crippen LogP contribution in [0, 0.1) is 5.82 Å². The molecule has 2 saturated carbocycles. The first kappa shape index (κ1) is 22.4. The Bertz CT molecular complexity index is 594. The molecule has 2 aliphatic carbocycles. The maximum absolute atomic E-state index is 13.3. The van der Waals surface area contributed by atoms with E-state index in [-0.39, 0.29) is 41.3 Å². The molecule has 2 aliphatic rings. The molecule has 152 valence electrons. The van der Waals surface area contributed by atoms with Crippen LogP contribution in [0.25, 0.3) is 0 Å². The van der Waals surface area contributed by atoms with Crippen molar-refractivity contribution in [2.45, 2.75) is 75.9 Å². The number of aliphatic imine (C=N–C) groups is 1. The topological polar surface area (TPSA) is 56.7 Å². The summed E-state index contributed by atoms with van der Waals surface area (Å²) in [5.74, 6) is 0.683. The Morgan fingerprint density at radius 1 is 1.15 bits per heavy atom. The quantitative estimate of drug-likeness (QED) is 0.332. The Morgan fingerprint density at radius 2 is 1.78 bits per heavy atom. The standard InChI is InChI=1S/C21H32FN3O.HI/c1-2-23-20(25-18-9-11-19(26)12-10-18)24-15-21(13-3-4-14-21)16-5-7-17(22)8-6-16;/h5-8,18-19,26H,2-4,9-15H2,1H3,(H2,23,24,25);1H. The SMILES string of the molecule is CCNC(=NCC1(c2ccc(F)cc2)CCCC1)NC1CCC(O)CC1.I. The zero-order chi connectivity index (χ0) is 18.4. The minimum absolute atomic E-state index is 0.